The highest BCUT2D eigenvalue weighted by atomic mass is 79.9. The van der Waals surface area contributed by atoms with Gasteiger partial charge in [-0.1, -0.05) is 29.3 Å². The van der Waals surface area contributed by atoms with E-state index in [1.807, 2.05) is 29.6 Å². The maximum absolute atomic E-state index is 6.36. The predicted octanol–water partition coefficient (Wildman–Crippen LogP) is 6.15. The minimum Gasteiger partial charge on any atom is -0.145 e. The molecule has 0 saturated heterocycles. The van der Waals surface area contributed by atoms with Gasteiger partial charge in [-0.2, -0.15) is 0 Å². The van der Waals surface area contributed by atoms with Crippen molar-refractivity contribution < 1.29 is 0 Å². The van der Waals surface area contributed by atoms with Gasteiger partial charge in [0.05, 0.1) is 15.4 Å². The van der Waals surface area contributed by atoms with E-state index in [1.54, 1.807) is 11.3 Å². The fraction of sp³-hybridized carbons (Fsp3) is 0.0909. The molecule has 0 amide bonds. The van der Waals surface area contributed by atoms with E-state index in [0.29, 0.717) is 10.0 Å². The molecule has 2 rings (SSSR count). The zero-order chi connectivity index (χ0) is 11.7. The van der Waals surface area contributed by atoms with Crippen LogP contribution in [0.25, 0.3) is 0 Å². The average molecular weight is 356 g/mol. The summed E-state index contributed by atoms with van der Waals surface area (Å²) in [6.07, 6.45) is 0. The molecule has 0 aliphatic carbocycles. The molecule has 0 fully saturated rings. The number of rotatable bonds is 2. The predicted molar refractivity (Wildman–Crippen MR) is 76.2 cm³/mol. The first-order valence-electron chi connectivity index (χ1n) is 4.41. The Morgan fingerprint density at radius 2 is 1.88 bits per heavy atom. The lowest BCUT2D eigenvalue weighted by Crippen LogP contribution is -1.91. The Labute approximate surface area is 121 Å². The molecule has 16 heavy (non-hydrogen) atoms. The van der Waals surface area contributed by atoms with Crippen LogP contribution in [-0.4, -0.2) is 0 Å². The normalized spacial score (nSPS) is 12.8. The number of benzene rings is 1. The zero-order valence-corrected chi connectivity index (χ0v) is 12.6. The standard InChI is InChI=1S/C11H6BrCl3S/c12-7-5-6(1-2-8(7)13)10(15)11-9(14)3-4-16-11/h1-5,10H. The maximum atomic E-state index is 6.36. The fourth-order valence-corrected chi connectivity index (χ4v) is 3.45. The van der Waals surface area contributed by atoms with Crippen molar-refractivity contribution in [3.05, 3.63) is 54.6 Å². The third-order valence-electron chi connectivity index (χ3n) is 2.11. The monoisotopic (exact) mass is 354 g/mol. The molecule has 0 spiro atoms. The number of hydrogen-bond acceptors (Lipinski definition) is 1. The van der Waals surface area contributed by atoms with Crippen molar-refractivity contribution in [2.24, 2.45) is 0 Å². The molecule has 1 aromatic heterocycles. The van der Waals surface area contributed by atoms with Crippen molar-refractivity contribution in [2.75, 3.05) is 0 Å². The van der Waals surface area contributed by atoms with Gasteiger partial charge < -0.3 is 0 Å². The first-order chi connectivity index (χ1) is 7.59. The summed E-state index contributed by atoms with van der Waals surface area (Å²) < 4.78 is 0.838. The summed E-state index contributed by atoms with van der Waals surface area (Å²) >= 11 is 23.3. The highest BCUT2D eigenvalue weighted by Crippen LogP contribution is 2.38. The van der Waals surface area contributed by atoms with Crippen LogP contribution in [0.2, 0.25) is 10.0 Å². The zero-order valence-electron chi connectivity index (χ0n) is 7.88. The first-order valence-corrected chi connectivity index (χ1v) is 7.28. The summed E-state index contributed by atoms with van der Waals surface area (Å²) in [5, 5.41) is 3.07. The van der Waals surface area contributed by atoms with E-state index in [4.69, 9.17) is 34.8 Å². The van der Waals surface area contributed by atoms with Crippen LogP contribution in [0.5, 0.6) is 0 Å². The van der Waals surface area contributed by atoms with Crippen LogP contribution in [0.4, 0.5) is 0 Å². The molecule has 0 saturated carbocycles. The lowest BCUT2D eigenvalue weighted by Gasteiger charge is -2.09. The van der Waals surface area contributed by atoms with Gasteiger partial charge in [-0.25, -0.2) is 0 Å². The quantitative estimate of drug-likeness (QED) is 0.567. The van der Waals surface area contributed by atoms with Crippen molar-refractivity contribution in [1.29, 1.82) is 0 Å². The Morgan fingerprint density at radius 3 is 2.44 bits per heavy atom. The summed E-state index contributed by atoms with van der Waals surface area (Å²) in [7, 11) is 0. The fourth-order valence-electron chi connectivity index (χ4n) is 1.31. The second kappa shape index (κ2) is 5.28. The minimum absolute atomic E-state index is 0.235. The van der Waals surface area contributed by atoms with E-state index in [1.165, 1.54) is 0 Å². The molecule has 1 aromatic carbocycles. The lowest BCUT2D eigenvalue weighted by molar-refractivity contribution is 1.18. The molecule has 1 unspecified atom stereocenters. The first kappa shape index (κ1) is 12.7. The molecule has 84 valence electrons. The van der Waals surface area contributed by atoms with Gasteiger partial charge in [0.15, 0.2) is 0 Å². The van der Waals surface area contributed by atoms with Crippen LogP contribution in [0, 0.1) is 0 Å². The van der Waals surface area contributed by atoms with Gasteiger partial charge in [0.25, 0.3) is 0 Å². The Bertz CT molecular complexity index is 510. The second-order valence-corrected chi connectivity index (χ2v) is 6.22. The Morgan fingerprint density at radius 1 is 1.12 bits per heavy atom. The van der Waals surface area contributed by atoms with Crippen molar-refractivity contribution in [3.8, 4) is 0 Å². The Kier molecular flexibility index (Phi) is 4.20. The van der Waals surface area contributed by atoms with Crippen molar-refractivity contribution in [3.63, 3.8) is 0 Å². The van der Waals surface area contributed by atoms with Gasteiger partial charge >= 0.3 is 0 Å². The van der Waals surface area contributed by atoms with E-state index in [-0.39, 0.29) is 5.38 Å². The van der Waals surface area contributed by atoms with Crippen LogP contribution in [0.1, 0.15) is 15.8 Å². The molecule has 2 aromatic rings. The molecule has 1 atom stereocenters. The van der Waals surface area contributed by atoms with Crippen LogP contribution < -0.4 is 0 Å². The smallest absolute Gasteiger partial charge is 0.0943 e. The molecule has 0 bridgehead atoms. The van der Waals surface area contributed by atoms with Gasteiger partial charge in [-0.3, -0.25) is 0 Å². The van der Waals surface area contributed by atoms with Crippen LogP contribution in [0.15, 0.2) is 34.1 Å². The highest BCUT2D eigenvalue weighted by Gasteiger charge is 2.16. The summed E-state index contributed by atoms with van der Waals surface area (Å²) in [6.45, 7) is 0. The minimum atomic E-state index is -0.235. The van der Waals surface area contributed by atoms with Gasteiger partial charge in [0.2, 0.25) is 0 Å². The van der Waals surface area contributed by atoms with Gasteiger partial charge in [0.1, 0.15) is 0 Å². The van der Waals surface area contributed by atoms with Gasteiger partial charge in [0, 0.05) is 9.35 Å². The highest BCUT2D eigenvalue weighted by molar-refractivity contribution is 9.10. The van der Waals surface area contributed by atoms with E-state index in [2.05, 4.69) is 15.9 Å². The number of alkyl halides is 1. The van der Waals surface area contributed by atoms with Crippen molar-refractivity contribution >= 4 is 62.1 Å². The van der Waals surface area contributed by atoms with Crippen LogP contribution in [-0.2, 0) is 0 Å². The van der Waals surface area contributed by atoms with Crippen LogP contribution >= 0.6 is 62.1 Å². The average Bonchev–Trinajstić information content (AvgIpc) is 2.67. The summed E-state index contributed by atoms with van der Waals surface area (Å²) in [4.78, 5) is 0.956. The molecule has 0 aliphatic rings. The molecule has 0 nitrogen and oxygen atoms in total. The third-order valence-corrected chi connectivity index (χ3v) is 5.35. The molecule has 0 aliphatic heterocycles. The summed E-state index contributed by atoms with van der Waals surface area (Å²) in [6, 6.07) is 7.48. The largest absolute Gasteiger partial charge is 0.145 e. The van der Waals surface area contributed by atoms with E-state index in [0.717, 1.165) is 14.9 Å². The van der Waals surface area contributed by atoms with E-state index >= 15 is 0 Å². The molecule has 5 heteroatoms. The van der Waals surface area contributed by atoms with Crippen molar-refractivity contribution in [1.82, 2.24) is 0 Å². The second-order valence-electron chi connectivity index (χ2n) is 3.17. The third kappa shape index (κ3) is 2.57. The Hall–Kier alpha value is 0.270. The van der Waals surface area contributed by atoms with Crippen LogP contribution in [0.3, 0.4) is 0 Å². The molecule has 0 radical (unpaired) electrons. The molecule has 0 N–H and O–H groups in total. The number of hydrogen-bond donors (Lipinski definition) is 0. The Balaban J connectivity index is 2.38. The topological polar surface area (TPSA) is 0 Å². The summed E-state index contributed by atoms with van der Waals surface area (Å²) in [5.41, 5.74) is 0.974. The molecular formula is C11H6BrCl3S. The SMILES string of the molecule is Clc1ccc(C(Cl)c2sccc2Cl)cc1Br. The summed E-state index contributed by atoms with van der Waals surface area (Å²) in [5.74, 6) is 0. The van der Waals surface area contributed by atoms with E-state index < -0.39 is 0 Å². The molecule has 1 heterocycles. The van der Waals surface area contributed by atoms with E-state index in [9.17, 15) is 0 Å². The number of halogens is 4. The number of thiophene rings is 1. The van der Waals surface area contributed by atoms with Crippen molar-refractivity contribution in [2.45, 2.75) is 5.38 Å². The van der Waals surface area contributed by atoms with Gasteiger partial charge in [-0.05, 0) is 45.1 Å². The molecular weight excluding hydrogens is 350 g/mol. The maximum Gasteiger partial charge on any atom is 0.0943 e. The van der Waals surface area contributed by atoms with Gasteiger partial charge in [-0.15, -0.1) is 22.9 Å². The lowest BCUT2D eigenvalue weighted by atomic mass is 10.1.